The van der Waals surface area contributed by atoms with Gasteiger partial charge in [0.05, 0.1) is 38.6 Å². The second-order valence-corrected chi connectivity index (χ2v) is 21.1. The van der Waals surface area contributed by atoms with Crippen molar-refractivity contribution in [3.63, 3.8) is 0 Å². The van der Waals surface area contributed by atoms with Gasteiger partial charge in [-0.3, -0.25) is 4.79 Å². The summed E-state index contributed by atoms with van der Waals surface area (Å²) < 4.78 is 34.1. The van der Waals surface area contributed by atoms with E-state index in [2.05, 4.69) is 43.5 Å². The number of hydrogen-bond donors (Lipinski definition) is 12. The highest BCUT2D eigenvalue weighted by Crippen LogP contribution is 2.33. The molecule has 3 aliphatic heterocycles. The van der Waals surface area contributed by atoms with Crippen molar-refractivity contribution in [2.45, 2.75) is 291 Å². The molecule has 19 heteroatoms. The van der Waals surface area contributed by atoms with Crippen LogP contribution >= 0.6 is 0 Å². The summed E-state index contributed by atoms with van der Waals surface area (Å²) in [6, 6.07) is -0.991. The van der Waals surface area contributed by atoms with Crippen molar-refractivity contribution >= 4 is 5.91 Å². The third-order valence-corrected chi connectivity index (χ3v) is 14.7. The van der Waals surface area contributed by atoms with Crippen LogP contribution in [0.25, 0.3) is 0 Å². The number of carbonyl (C=O) groups excluding carboxylic acids is 1. The Morgan fingerprint density at radius 2 is 0.842 bits per heavy atom. The molecule has 0 aromatic rings. The number of hydrogen-bond acceptors (Lipinski definition) is 18. The van der Waals surface area contributed by atoms with E-state index in [1.165, 1.54) is 103 Å². The van der Waals surface area contributed by atoms with Gasteiger partial charge in [0.2, 0.25) is 5.91 Å². The molecule has 3 rings (SSSR count). The van der Waals surface area contributed by atoms with E-state index >= 15 is 0 Å². The summed E-state index contributed by atoms with van der Waals surface area (Å²) in [5.41, 5.74) is 0. The van der Waals surface area contributed by atoms with Crippen LogP contribution in [0, 0.1) is 0 Å². The van der Waals surface area contributed by atoms with Gasteiger partial charge >= 0.3 is 0 Å². The van der Waals surface area contributed by atoms with Crippen molar-refractivity contribution in [3.05, 3.63) is 36.5 Å². The minimum atomic E-state index is -1.98. The third kappa shape index (κ3) is 25.2. The summed E-state index contributed by atoms with van der Waals surface area (Å²) in [7, 11) is 0. The third-order valence-electron chi connectivity index (χ3n) is 14.7. The number of aliphatic hydroxyl groups is 11. The fourth-order valence-electron chi connectivity index (χ4n) is 9.82. The molecule has 3 heterocycles. The van der Waals surface area contributed by atoms with Crippen LogP contribution in [0.15, 0.2) is 36.5 Å². The van der Waals surface area contributed by atoms with E-state index in [0.29, 0.717) is 12.8 Å². The van der Waals surface area contributed by atoms with E-state index in [1.54, 1.807) is 6.08 Å². The van der Waals surface area contributed by atoms with E-state index < -0.39 is 124 Å². The van der Waals surface area contributed by atoms with Gasteiger partial charge in [0.15, 0.2) is 18.9 Å². The van der Waals surface area contributed by atoms with Crippen LogP contribution in [0.4, 0.5) is 0 Å². The highest BCUT2D eigenvalue weighted by molar-refractivity contribution is 5.76. The van der Waals surface area contributed by atoms with Crippen LogP contribution in [-0.4, -0.2) is 193 Å². The molecule has 0 spiro atoms. The first-order valence-corrected chi connectivity index (χ1v) is 29.2. The number of rotatable bonds is 42. The van der Waals surface area contributed by atoms with Crippen LogP contribution in [0.2, 0.25) is 0 Å². The van der Waals surface area contributed by atoms with Gasteiger partial charge < -0.3 is 89.9 Å². The molecule has 3 saturated heterocycles. The van der Waals surface area contributed by atoms with Gasteiger partial charge in [-0.2, -0.15) is 0 Å². The highest BCUT2D eigenvalue weighted by Gasteiger charge is 2.53. The summed E-state index contributed by atoms with van der Waals surface area (Å²) in [6.45, 7) is 1.61. The van der Waals surface area contributed by atoms with Crippen LogP contribution in [0.1, 0.15) is 187 Å². The summed E-state index contributed by atoms with van der Waals surface area (Å²) in [6.07, 6.45) is 15.8. The maximum Gasteiger partial charge on any atom is 0.220 e. The zero-order chi connectivity index (χ0) is 55.5. The van der Waals surface area contributed by atoms with Gasteiger partial charge in [-0.05, 0) is 38.5 Å². The quantitative estimate of drug-likeness (QED) is 0.0295. The van der Waals surface area contributed by atoms with Crippen molar-refractivity contribution in [1.82, 2.24) is 5.32 Å². The van der Waals surface area contributed by atoms with Crippen LogP contribution < -0.4 is 5.32 Å². The molecule has 17 atom stereocenters. The van der Waals surface area contributed by atoms with Crippen molar-refractivity contribution < 1.29 is 89.4 Å². The van der Waals surface area contributed by atoms with E-state index in [9.17, 15) is 61.0 Å². The molecule has 444 valence electrons. The van der Waals surface area contributed by atoms with Gasteiger partial charge in [-0.15, -0.1) is 0 Å². The molecule has 0 radical (unpaired) electrons. The molecule has 1 amide bonds. The first-order chi connectivity index (χ1) is 36.8. The van der Waals surface area contributed by atoms with E-state index in [-0.39, 0.29) is 18.9 Å². The molecule has 12 N–H and O–H groups in total. The first kappa shape index (κ1) is 68.3. The molecule has 17 unspecified atom stereocenters. The van der Waals surface area contributed by atoms with Gasteiger partial charge in [-0.1, -0.05) is 179 Å². The molecule has 76 heavy (non-hydrogen) atoms. The van der Waals surface area contributed by atoms with Gasteiger partial charge in [-0.25, -0.2) is 0 Å². The number of nitrogens with one attached hydrogen (secondary N) is 1. The SMILES string of the molecule is CCC/C=C/CC/C=C/CC/C=C/C(O)C(COC1OC(CO)C(OC2OC(CO)C(OC3OC(CO)C(O)C(O)C3O)C(O)C2O)C(O)C1O)NC(=O)CCCCCCCCCCCCCCCCCCCCCC. The van der Waals surface area contributed by atoms with Crippen molar-refractivity contribution in [1.29, 1.82) is 0 Å². The Bertz CT molecular complexity index is 1540. The maximum atomic E-state index is 13.3. The zero-order valence-corrected chi connectivity index (χ0v) is 46.0. The minimum Gasteiger partial charge on any atom is -0.394 e. The van der Waals surface area contributed by atoms with Gasteiger partial charge in [0, 0.05) is 6.42 Å². The van der Waals surface area contributed by atoms with E-state index in [0.717, 1.165) is 51.4 Å². The summed E-state index contributed by atoms with van der Waals surface area (Å²) in [5, 5.41) is 120. The molecular weight excluding hydrogens is 987 g/mol. The largest absolute Gasteiger partial charge is 0.394 e. The molecule has 0 aliphatic carbocycles. The first-order valence-electron chi connectivity index (χ1n) is 29.2. The Hall–Kier alpha value is -1.99. The molecule has 0 bridgehead atoms. The van der Waals surface area contributed by atoms with Crippen molar-refractivity contribution in [2.24, 2.45) is 0 Å². The lowest BCUT2D eigenvalue weighted by Crippen LogP contribution is -2.66. The van der Waals surface area contributed by atoms with Crippen molar-refractivity contribution in [2.75, 3.05) is 26.4 Å². The molecule has 0 aromatic heterocycles. The zero-order valence-electron chi connectivity index (χ0n) is 46.0. The van der Waals surface area contributed by atoms with Crippen LogP contribution in [0.3, 0.4) is 0 Å². The number of carbonyl (C=O) groups is 1. The maximum absolute atomic E-state index is 13.3. The molecule has 19 nitrogen and oxygen atoms in total. The second kappa shape index (κ2) is 41.1. The predicted molar refractivity (Wildman–Crippen MR) is 286 cm³/mol. The topological polar surface area (TPSA) is 307 Å². The van der Waals surface area contributed by atoms with E-state index in [4.69, 9.17) is 28.4 Å². The second-order valence-electron chi connectivity index (χ2n) is 21.1. The Kier molecular flexibility index (Phi) is 36.9. The Labute approximate surface area is 453 Å². The highest BCUT2D eigenvalue weighted by atomic mass is 16.8. The van der Waals surface area contributed by atoms with Gasteiger partial charge in [0.1, 0.15) is 73.2 Å². The summed E-state index contributed by atoms with van der Waals surface area (Å²) in [4.78, 5) is 13.3. The Balaban J connectivity index is 1.49. The number of unbranched alkanes of at least 4 members (excludes halogenated alkanes) is 22. The smallest absolute Gasteiger partial charge is 0.220 e. The fourth-order valence-corrected chi connectivity index (χ4v) is 9.82. The molecule has 0 saturated carbocycles. The number of aliphatic hydroxyl groups excluding tert-OH is 11. The van der Waals surface area contributed by atoms with E-state index in [1.807, 2.05) is 6.08 Å². The van der Waals surface area contributed by atoms with Crippen LogP contribution in [-0.2, 0) is 33.2 Å². The fraction of sp³-hybridized carbons (Fsp3) is 0.877. The minimum absolute atomic E-state index is 0.235. The predicted octanol–water partition coefficient (Wildman–Crippen LogP) is 4.54. The summed E-state index contributed by atoms with van der Waals surface area (Å²) in [5.74, 6) is -0.290. The molecule has 0 aromatic carbocycles. The number of allylic oxidation sites excluding steroid dienone is 5. The molecule has 3 aliphatic rings. The lowest BCUT2D eigenvalue weighted by Gasteiger charge is -2.48. The van der Waals surface area contributed by atoms with Crippen LogP contribution in [0.5, 0.6) is 0 Å². The standard InChI is InChI=1S/C57H103NO18/c1-3-5-7-9-11-13-15-16-17-18-19-20-21-22-23-25-27-29-31-33-35-45(63)58-40(41(62)34-32-30-28-26-24-14-12-10-8-6-4-2)39-71-55-51(69)48(66)53(43(37-60)73-55)76-57-52(70)49(67)54(44(38-61)74-57)75-56-50(68)47(65)46(64)42(36-59)72-56/h8,10,24,26,32,34,40-44,46-57,59-62,64-70H,3-7,9,11-23,25,27-31,33,35-39H2,1-2H3,(H,58,63)/b10-8+,26-24+,34-32+. The monoisotopic (exact) mass is 1090 g/mol. The number of amides is 1. The van der Waals surface area contributed by atoms with Crippen molar-refractivity contribution in [3.8, 4) is 0 Å². The van der Waals surface area contributed by atoms with Gasteiger partial charge in [0.25, 0.3) is 0 Å². The normalized spacial score (nSPS) is 31.2. The Morgan fingerprint density at radius 3 is 1.29 bits per heavy atom. The molecular formula is C57H103NO18. The average molecular weight is 1090 g/mol. The summed E-state index contributed by atoms with van der Waals surface area (Å²) >= 11 is 0. The average Bonchev–Trinajstić information content (AvgIpc) is 3.42. The molecule has 3 fully saturated rings. The lowest BCUT2D eigenvalue weighted by molar-refractivity contribution is -0.379. The lowest BCUT2D eigenvalue weighted by atomic mass is 9.96. The Morgan fingerprint density at radius 1 is 0.461 bits per heavy atom. The number of ether oxygens (including phenoxy) is 6.